The molecule has 0 aliphatic carbocycles. The lowest BCUT2D eigenvalue weighted by atomic mass is 10.0. The van der Waals surface area contributed by atoms with E-state index in [2.05, 4.69) is 4.98 Å². The largest absolute Gasteiger partial charge is 0.545 e. The molecule has 0 saturated heterocycles. The third kappa shape index (κ3) is 1.48. The van der Waals surface area contributed by atoms with Crippen molar-refractivity contribution in [3.63, 3.8) is 0 Å². The van der Waals surface area contributed by atoms with E-state index in [1.54, 1.807) is 12.1 Å². The van der Waals surface area contributed by atoms with Crippen molar-refractivity contribution in [3.8, 4) is 0 Å². The molecule has 2 aromatic rings. The average molecular weight is 215 g/mol. The number of benzene rings is 1. The maximum atomic E-state index is 10.9. The number of carboxylic acids is 2. The molecule has 0 saturated carbocycles. The first-order valence-corrected chi connectivity index (χ1v) is 4.41. The van der Waals surface area contributed by atoms with Crippen molar-refractivity contribution in [1.82, 2.24) is 4.98 Å². The molecule has 2 rings (SSSR count). The minimum absolute atomic E-state index is 0.0872. The highest BCUT2D eigenvalue weighted by atomic mass is 16.4. The van der Waals surface area contributed by atoms with Crippen LogP contribution in [0, 0.1) is 0 Å². The molecule has 0 fully saturated rings. The second-order valence-electron chi connectivity index (χ2n) is 3.14. The first-order valence-electron chi connectivity index (χ1n) is 4.41. The number of hydrogen-bond acceptors (Lipinski definition) is 5. The Morgan fingerprint density at radius 2 is 1.81 bits per heavy atom. The van der Waals surface area contributed by atoms with E-state index < -0.39 is 23.1 Å². The monoisotopic (exact) mass is 215 g/mol. The average Bonchev–Trinajstić information content (AvgIpc) is 2.27. The Balaban J connectivity index is 2.90. The van der Waals surface area contributed by atoms with E-state index in [0.717, 1.165) is 0 Å². The van der Waals surface area contributed by atoms with Gasteiger partial charge in [-0.25, -0.2) is 0 Å². The molecule has 0 radical (unpaired) electrons. The molecule has 0 amide bonds. The van der Waals surface area contributed by atoms with Crippen LogP contribution in [-0.2, 0) is 0 Å². The van der Waals surface area contributed by atoms with Gasteiger partial charge in [-0.15, -0.1) is 0 Å². The summed E-state index contributed by atoms with van der Waals surface area (Å²) in [4.78, 5) is 25.5. The molecule has 0 N–H and O–H groups in total. The third-order valence-electron chi connectivity index (χ3n) is 2.20. The lowest BCUT2D eigenvalue weighted by Crippen LogP contribution is -2.30. The maximum absolute atomic E-state index is 10.9. The fourth-order valence-corrected chi connectivity index (χ4v) is 1.52. The molecule has 16 heavy (non-hydrogen) atoms. The lowest BCUT2D eigenvalue weighted by Gasteiger charge is -2.13. The van der Waals surface area contributed by atoms with Crippen molar-refractivity contribution in [2.24, 2.45) is 0 Å². The van der Waals surface area contributed by atoms with Crippen molar-refractivity contribution >= 4 is 22.8 Å². The van der Waals surface area contributed by atoms with E-state index in [4.69, 9.17) is 0 Å². The number of pyridine rings is 1. The first kappa shape index (κ1) is 10.1. The van der Waals surface area contributed by atoms with Gasteiger partial charge >= 0.3 is 0 Å². The summed E-state index contributed by atoms with van der Waals surface area (Å²) in [6.45, 7) is 0. The van der Waals surface area contributed by atoms with Crippen molar-refractivity contribution in [2.75, 3.05) is 0 Å². The molecule has 0 atom stereocenters. The van der Waals surface area contributed by atoms with Crippen LogP contribution in [0.15, 0.2) is 30.5 Å². The van der Waals surface area contributed by atoms with Crippen LogP contribution in [0.4, 0.5) is 0 Å². The van der Waals surface area contributed by atoms with Gasteiger partial charge < -0.3 is 19.8 Å². The van der Waals surface area contributed by atoms with Crippen LogP contribution in [0.1, 0.15) is 20.7 Å². The van der Waals surface area contributed by atoms with Crippen LogP contribution in [-0.4, -0.2) is 16.9 Å². The molecule has 5 nitrogen and oxygen atoms in total. The minimum Gasteiger partial charge on any atom is -0.545 e. The molecule has 80 valence electrons. The Bertz CT molecular complexity index is 592. The molecule has 0 unspecified atom stereocenters. The summed E-state index contributed by atoms with van der Waals surface area (Å²) in [6, 6.07) is 5.90. The summed E-state index contributed by atoms with van der Waals surface area (Å²) in [5, 5.41) is 22.2. The third-order valence-corrected chi connectivity index (χ3v) is 2.20. The van der Waals surface area contributed by atoms with Crippen LogP contribution in [0.3, 0.4) is 0 Å². The topological polar surface area (TPSA) is 93.2 Å². The molecule has 0 aliphatic rings. The van der Waals surface area contributed by atoms with Gasteiger partial charge in [-0.3, -0.25) is 4.98 Å². The standard InChI is InChI=1S/C11H7NO4/c13-10(14)7-4-3-6-2-1-5-12-9(6)8(7)11(15)16/h1-5H,(H,13,14)(H,15,16)/p-2. The number of carbonyl (C=O) groups excluding carboxylic acids is 2. The van der Waals surface area contributed by atoms with Gasteiger partial charge in [0.2, 0.25) is 0 Å². The summed E-state index contributed by atoms with van der Waals surface area (Å²) < 4.78 is 0. The molecule has 0 bridgehead atoms. The van der Waals surface area contributed by atoms with E-state index in [0.29, 0.717) is 5.39 Å². The Morgan fingerprint density at radius 3 is 2.44 bits per heavy atom. The molecule has 0 aliphatic heterocycles. The summed E-state index contributed by atoms with van der Waals surface area (Å²) in [5.41, 5.74) is -0.784. The van der Waals surface area contributed by atoms with Gasteiger partial charge in [-0.1, -0.05) is 18.2 Å². The summed E-state index contributed by atoms with van der Waals surface area (Å²) in [6.07, 6.45) is 1.38. The number of carboxylic acid groups (broad SMARTS) is 2. The molecular formula is C11H5NO4-2. The summed E-state index contributed by atoms with van der Waals surface area (Å²) in [5.74, 6) is -3.14. The Morgan fingerprint density at radius 1 is 1.06 bits per heavy atom. The Kier molecular flexibility index (Phi) is 2.28. The van der Waals surface area contributed by atoms with E-state index in [9.17, 15) is 19.8 Å². The second-order valence-corrected chi connectivity index (χ2v) is 3.14. The second kappa shape index (κ2) is 3.62. The lowest BCUT2D eigenvalue weighted by molar-refractivity contribution is -0.259. The maximum Gasteiger partial charge on any atom is 0.0799 e. The zero-order valence-electron chi connectivity index (χ0n) is 7.97. The predicted octanol–water partition coefficient (Wildman–Crippen LogP) is -1.04. The molecule has 5 heteroatoms. The number of fused-ring (bicyclic) bond motifs is 1. The first-order chi connectivity index (χ1) is 7.61. The van der Waals surface area contributed by atoms with Crippen molar-refractivity contribution in [2.45, 2.75) is 0 Å². The normalized spacial score (nSPS) is 10.2. The van der Waals surface area contributed by atoms with Gasteiger partial charge in [0.25, 0.3) is 0 Å². The number of aromatic carboxylic acids is 2. The number of hydrogen-bond donors (Lipinski definition) is 0. The van der Waals surface area contributed by atoms with Gasteiger partial charge in [0, 0.05) is 22.7 Å². The highest BCUT2D eigenvalue weighted by molar-refractivity contribution is 6.09. The van der Waals surface area contributed by atoms with Crippen LogP contribution in [0.2, 0.25) is 0 Å². The van der Waals surface area contributed by atoms with E-state index in [1.807, 2.05) is 0 Å². The van der Waals surface area contributed by atoms with Crippen molar-refractivity contribution < 1.29 is 19.8 Å². The van der Waals surface area contributed by atoms with Crippen LogP contribution >= 0.6 is 0 Å². The van der Waals surface area contributed by atoms with E-state index >= 15 is 0 Å². The highest BCUT2D eigenvalue weighted by Crippen LogP contribution is 2.19. The zero-order valence-corrected chi connectivity index (χ0v) is 7.97. The number of carbonyl (C=O) groups is 2. The van der Waals surface area contributed by atoms with Crippen molar-refractivity contribution in [3.05, 3.63) is 41.6 Å². The molecule has 0 spiro atoms. The van der Waals surface area contributed by atoms with Gasteiger partial charge in [0.05, 0.1) is 17.5 Å². The Labute approximate surface area is 90.0 Å². The van der Waals surface area contributed by atoms with Crippen LogP contribution in [0.5, 0.6) is 0 Å². The zero-order chi connectivity index (χ0) is 11.7. The molecule has 1 aromatic heterocycles. The van der Waals surface area contributed by atoms with Gasteiger partial charge in [0.15, 0.2) is 0 Å². The van der Waals surface area contributed by atoms with E-state index in [1.165, 1.54) is 18.3 Å². The van der Waals surface area contributed by atoms with E-state index in [-0.39, 0.29) is 5.52 Å². The van der Waals surface area contributed by atoms with Gasteiger partial charge in [-0.05, 0) is 6.07 Å². The number of aromatic nitrogens is 1. The number of nitrogens with zero attached hydrogens (tertiary/aromatic N) is 1. The quantitative estimate of drug-likeness (QED) is 0.638. The van der Waals surface area contributed by atoms with Crippen molar-refractivity contribution in [1.29, 1.82) is 0 Å². The molecular weight excluding hydrogens is 210 g/mol. The fourth-order valence-electron chi connectivity index (χ4n) is 1.52. The molecule has 1 heterocycles. The fraction of sp³-hybridized carbons (Fsp3) is 0. The summed E-state index contributed by atoms with van der Waals surface area (Å²) in [7, 11) is 0. The van der Waals surface area contributed by atoms with Crippen LogP contribution < -0.4 is 10.2 Å². The van der Waals surface area contributed by atoms with Gasteiger partial charge in [-0.2, -0.15) is 0 Å². The summed E-state index contributed by atoms with van der Waals surface area (Å²) >= 11 is 0. The van der Waals surface area contributed by atoms with Crippen LogP contribution in [0.25, 0.3) is 10.9 Å². The minimum atomic E-state index is -1.58. The van der Waals surface area contributed by atoms with Gasteiger partial charge in [0.1, 0.15) is 0 Å². The Hall–Kier alpha value is -2.43. The number of rotatable bonds is 2. The highest BCUT2D eigenvalue weighted by Gasteiger charge is 2.10. The SMILES string of the molecule is O=C([O-])c1ccc2cccnc2c1C(=O)[O-]. The smallest absolute Gasteiger partial charge is 0.0799 e. The predicted molar refractivity (Wildman–Crippen MR) is 50.4 cm³/mol. The molecule has 1 aromatic carbocycles.